The van der Waals surface area contributed by atoms with Crippen LogP contribution in [0.1, 0.15) is 6.42 Å². The molecule has 2 rings (SSSR count). The van der Waals surface area contributed by atoms with Gasteiger partial charge >= 0.3 is 6.03 Å². The molecule has 124 valence electrons. The number of hydrogen-bond acceptors (Lipinski definition) is 3. The van der Waals surface area contributed by atoms with Crippen LogP contribution < -0.4 is 16.0 Å². The minimum Gasteiger partial charge on any atom is -0.359 e. The molecule has 9 heteroatoms. The lowest BCUT2D eigenvalue weighted by Crippen LogP contribution is -2.59. The van der Waals surface area contributed by atoms with E-state index >= 15 is 0 Å². The fourth-order valence-corrected chi connectivity index (χ4v) is 2.33. The van der Waals surface area contributed by atoms with Crippen LogP contribution in [-0.2, 0) is 9.59 Å². The molecule has 0 radical (unpaired) electrons. The average molecular weight is 343 g/mol. The van der Waals surface area contributed by atoms with Gasteiger partial charge in [-0.1, -0.05) is 11.6 Å². The van der Waals surface area contributed by atoms with E-state index in [4.69, 9.17) is 11.6 Å². The van der Waals surface area contributed by atoms with Crippen LogP contribution in [0.4, 0.5) is 14.9 Å². The van der Waals surface area contributed by atoms with Gasteiger partial charge in [-0.25, -0.2) is 9.18 Å². The first kappa shape index (κ1) is 17.0. The monoisotopic (exact) mass is 342 g/mol. The summed E-state index contributed by atoms with van der Waals surface area (Å²) in [5, 5.41) is 7.46. The molecule has 0 aromatic heterocycles. The van der Waals surface area contributed by atoms with E-state index in [2.05, 4.69) is 16.0 Å². The molecule has 1 aromatic rings. The molecule has 1 aromatic carbocycles. The third kappa shape index (κ3) is 4.10. The standard InChI is InChI=1S/C14H16ClFN4O3/c1-17-12(21)7-11-13(22)18-4-5-20(11)14(23)19-8-2-3-9(15)10(16)6-8/h2-3,6,11H,4-5,7H2,1H3,(H,17,21)(H,18,22)(H,19,23)/t11-/m1/s1. The number of halogens is 2. The fraction of sp³-hybridized carbons (Fsp3) is 0.357. The van der Waals surface area contributed by atoms with E-state index in [1.54, 1.807) is 0 Å². The summed E-state index contributed by atoms with van der Waals surface area (Å²) >= 11 is 5.59. The van der Waals surface area contributed by atoms with Crippen LogP contribution >= 0.6 is 11.6 Å². The lowest BCUT2D eigenvalue weighted by atomic mass is 10.1. The van der Waals surface area contributed by atoms with E-state index < -0.39 is 23.8 Å². The predicted molar refractivity (Wildman–Crippen MR) is 82.6 cm³/mol. The number of urea groups is 1. The SMILES string of the molecule is CNC(=O)C[C@@H]1C(=O)NCCN1C(=O)Nc1ccc(Cl)c(F)c1. The number of amides is 4. The van der Waals surface area contributed by atoms with Gasteiger partial charge in [0.15, 0.2) is 0 Å². The number of carbonyl (C=O) groups is 3. The Bertz CT molecular complexity index is 640. The number of nitrogens with zero attached hydrogens (tertiary/aromatic N) is 1. The van der Waals surface area contributed by atoms with Gasteiger partial charge in [0.25, 0.3) is 0 Å². The van der Waals surface area contributed by atoms with Gasteiger partial charge in [-0.2, -0.15) is 0 Å². The first-order chi connectivity index (χ1) is 10.9. The maximum Gasteiger partial charge on any atom is 0.322 e. The second-order valence-corrected chi connectivity index (χ2v) is 5.34. The van der Waals surface area contributed by atoms with Crippen LogP contribution in [0.2, 0.25) is 5.02 Å². The van der Waals surface area contributed by atoms with Crippen molar-refractivity contribution in [2.24, 2.45) is 0 Å². The Morgan fingerprint density at radius 3 is 2.87 bits per heavy atom. The van der Waals surface area contributed by atoms with Gasteiger partial charge in [0.05, 0.1) is 11.4 Å². The molecule has 1 heterocycles. The summed E-state index contributed by atoms with van der Waals surface area (Å²) in [4.78, 5) is 37.0. The largest absolute Gasteiger partial charge is 0.359 e. The zero-order valence-corrected chi connectivity index (χ0v) is 13.1. The second-order valence-electron chi connectivity index (χ2n) is 4.94. The Morgan fingerprint density at radius 1 is 1.48 bits per heavy atom. The first-order valence-electron chi connectivity index (χ1n) is 6.93. The van der Waals surface area contributed by atoms with Gasteiger partial charge in [-0.3, -0.25) is 9.59 Å². The van der Waals surface area contributed by atoms with Crippen molar-refractivity contribution in [1.29, 1.82) is 0 Å². The summed E-state index contributed by atoms with van der Waals surface area (Å²) in [7, 11) is 1.45. The molecule has 0 saturated carbocycles. The van der Waals surface area contributed by atoms with E-state index in [9.17, 15) is 18.8 Å². The van der Waals surface area contributed by atoms with Gasteiger partial charge < -0.3 is 20.9 Å². The molecule has 1 aliphatic rings. The normalized spacial score (nSPS) is 17.4. The van der Waals surface area contributed by atoms with Gasteiger partial charge in [0.2, 0.25) is 11.8 Å². The zero-order chi connectivity index (χ0) is 17.0. The Labute approximate surface area is 137 Å². The second kappa shape index (κ2) is 7.28. The minimum absolute atomic E-state index is 0.0576. The molecule has 0 aliphatic carbocycles. The van der Waals surface area contributed by atoms with E-state index in [1.807, 2.05) is 0 Å². The molecular formula is C14H16ClFN4O3. The summed E-state index contributed by atoms with van der Waals surface area (Å²) in [5.41, 5.74) is 0.210. The average Bonchev–Trinajstić information content (AvgIpc) is 2.52. The maximum atomic E-state index is 13.4. The Kier molecular flexibility index (Phi) is 5.38. The van der Waals surface area contributed by atoms with Crippen molar-refractivity contribution in [2.45, 2.75) is 12.5 Å². The van der Waals surface area contributed by atoms with Crippen LogP contribution in [0.5, 0.6) is 0 Å². The van der Waals surface area contributed by atoms with Crippen molar-refractivity contribution in [3.63, 3.8) is 0 Å². The quantitative estimate of drug-likeness (QED) is 0.763. The Hall–Kier alpha value is -2.35. The molecule has 7 nitrogen and oxygen atoms in total. The van der Waals surface area contributed by atoms with Crippen molar-refractivity contribution in [2.75, 3.05) is 25.5 Å². The smallest absolute Gasteiger partial charge is 0.322 e. The van der Waals surface area contributed by atoms with Crippen LogP contribution in [0.3, 0.4) is 0 Å². The van der Waals surface area contributed by atoms with E-state index in [0.717, 1.165) is 6.07 Å². The summed E-state index contributed by atoms with van der Waals surface area (Å²) in [5.74, 6) is -1.43. The van der Waals surface area contributed by atoms with Gasteiger partial charge in [-0.05, 0) is 18.2 Å². The lowest BCUT2D eigenvalue weighted by molar-refractivity contribution is -0.132. The topological polar surface area (TPSA) is 90.5 Å². The third-order valence-electron chi connectivity index (χ3n) is 3.42. The number of carbonyl (C=O) groups excluding carboxylic acids is 3. The lowest BCUT2D eigenvalue weighted by Gasteiger charge is -2.34. The van der Waals surface area contributed by atoms with Gasteiger partial charge in [0.1, 0.15) is 11.9 Å². The number of piperazine rings is 1. The van der Waals surface area contributed by atoms with Crippen molar-refractivity contribution < 1.29 is 18.8 Å². The third-order valence-corrected chi connectivity index (χ3v) is 3.73. The van der Waals surface area contributed by atoms with Crippen molar-refractivity contribution in [1.82, 2.24) is 15.5 Å². The first-order valence-corrected chi connectivity index (χ1v) is 7.31. The van der Waals surface area contributed by atoms with Crippen molar-refractivity contribution in [3.8, 4) is 0 Å². The van der Waals surface area contributed by atoms with Crippen molar-refractivity contribution in [3.05, 3.63) is 29.0 Å². The summed E-state index contributed by atoms with van der Waals surface area (Å²) in [6.07, 6.45) is -0.148. The van der Waals surface area contributed by atoms with Crippen LogP contribution in [-0.4, -0.2) is 48.9 Å². The van der Waals surface area contributed by atoms with E-state index in [0.29, 0.717) is 0 Å². The molecule has 3 N–H and O–H groups in total. The minimum atomic E-state index is -0.916. The molecule has 0 bridgehead atoms. The highest BCUT2D eigenvalue weighted by Crippen LogP contribution is 2.19. The van der Waals surface area contributed by atoms with Crippen LogP contribution in [0.15, 0.2) is 18.2 Å². The van der Waals surface area contributed by atoms with Crippen LogP contribution in [0.25, 0.3) is 0 Å². The highest BCUT2D eigenvalue weighted by Gasteiger charge is 2.34. The number of rotatable bonds is 3. The predicted octanol–water partition coefficient (Wildman–Crippen LogP) is 0.947. The molecule has 1 aliphatic heterocycles. The Morgan fingerprint density at radius 2 is 2.22 bits per heavy atom. The summed E-state index contributed by atoms with van der Waals surface area (Å²) in [6.45, 7) is 0.529. The van der Waals surface area contributed by atoms with Gasteiger partial charge in [0, 0.05) is 25.8 Å². The van der Waals surface area contributed by atoms with E-state index in [1.165, 1.54) is 24.1 Å². The molecular weight excluding hydrogens is 327 g/mol. The number of anilines is 1. The highest BCUT2D eigenvalue weighted by atomic mass is 35.5. The maximum absolute atomic E-state index is 13.4. The molecule has 1 atom stereocenters. The number of hydrogen-bond donors (Lipinski definition) is 3. The molecule has 23 heavy (non-hydrogen) atoms. The highest BCUT2D eigenvalue weighted by molar-refractivity contribution is 6.30. The molecule has 1 saturated heterocycles. The summed E-state index contributed by atoms with van der Waals surface area (Å²) < 4.78 is 13.4. The fourth-order valence-electron chi connectivity index (χ4n) is 2.21. The van der Waals surface area contributed by atoms with Crippen molar-refractivity contribution >= 4 is 35.1 Å². The number of benzene rings is 1. The van der Waals surface area contributed by atoms with Gasteiger partial charge in [-0.15, -0.1) is 0 Å². The molecule has 4 amide bonds. The van der Waals surface area contributed by atoms with E-state index in [-0.39, 0.29) is 36.1 Å². The molecule has 0 spiro atoms. The molecule has 0 unspecified atom stereocenters. The number of nitrogens with one attached hydrogen (secondary N) is 3. The van der Waals surface area contributed by atoms with Crippen LogP contribution in [0, 0.1) is 5.82 Å². The summed E-state index contributed by atoms with van der Waals surface area (Å²) in [6, 6.07) is 2.34. The molecule has 1 fully saturated rings. The zero-order valence-electron chi connectivity index (χ0n) is 12.4. The Balaban J connectivity index is 2.12.